The lowest BCUT2D eigenvalue weighted by Gasteiger charge is -2.19. The van der Waals surface area contributed by atoms with E-state index < -0.39 is 17.6 Å². The molecule has 0 saturated carbocycles. The minimum Gasteiger partial charge on any atom is -0.456 e. The highest BCUT2D eigenvalue weighted by atomic mass is 32.2. The molecule has 4 bridgehead atoms. The summed E-state index contributed by atoms with van der Waals surface area (Å²) in [6.07, 6.45) is 9.43. The van der Waals surface area contributed by atoms with Gasteiger partial charge >= 0.3 is 5.97 Å². The Kier molecular flexibility index (Phi) is 16.4. The average Bonchev–Trinajstić information content (AvgIpc) is 3.57. The van der Waals surface area contributed by atoms with Crippen LogP contribution in [0.1, 0.15) is 96.7 Å². The molecule has 9 nitrogen and oxygen atoms in total. The normalized spacial score (nSPS) is 21.3. The summed E-state index contributed by atoms with van der Waals surface area (Å²) in [5.41, 5.74) is -0.319. The number of carbonyl (C=O) groups is 4. The zero-order chi connectivity index (χ0) is 31.0. The summed E-state index contributed by atoms with van der Waals surface area (Å²) < 4.78 is 5.49. The van der Waals surface area contributed by atoms with Gasteiger partial charge in [-0.25, -0.2) is 4.98 Å². The molecule has 2 N–H and O–H groups in total. The fourth-order valence-electron chi connectivity index (χ4n) is 3.80. The van der Waals surface area contributed by atoms with E-state index in [1.807, 2.05) is 11.5 Å². The van der Waals surface area contributed by atoms with Gasteiger partial charge in [0, 0.05) is 23.3 Å². The molecule has 3 rings (SSSR count). The van der Waals surface area contributed by atoms with E-state index in [9.17, 15) is 19.2 Å². The summed E-state index contributed by atoms with van der Waals surface area (Å²) in [4.78, 5) is 59.0. The molecule has 0 fully saturated rings. The molecule has 42 heavy (non-hydrogen) atoms. The van der Waals surface area contributed by atoms with Crippen molar-refractivity contribution < 1.29 is 23.9 Å². The standard InChI is InChI=1S/C26H36N4O5S3.C4H10/c1-3-4-5-6-7-11-23(33)36-12-9-8-10-18-13-20(31)27-14-21-29-19(16-37-21)24-30-26(2,17-38-24)25(34)28-15-22(32)35-18;1-4(2)3/h8,10,16,18H,3-7,9,11-15,17H2,1-2H3,(H,27,31)(H,28,34);4H,1-3H3/b10-8+;/t18?,26-;/m0./s1. The maximum absolute atomic E-state index is 12.8. The molecule has 1 aromatic heterocycles. The Labute approximate surface area is 262 Å². The van der Waals surface area contributed by atoms with Crippen LogP contribution in [0.25, 0.3) is 0 Å². The molecule has 0 radical (unpaired) electrons. The molecule has 2 aliphatic rings. The number of thioether (sulfide) groups is 2. The Balaban J connectivity index is 0.00000144. The Hall–Kier alpha value is -2.18. The highest BCUT2D eigenvalue weighted by Crippen LogP contribution is 2.31. The molecule has 0 spiro atoms. The maximum Gasteiger partial charge on any atom is 0.326 e. The number of carbonyl (C=O) groups excluding carboxylic acids is 4. The van der Waals surface area contributed by atoms with Crippen LogP contribution in [-0.4, -0.2) is 62.6 Å². The molecule has 0 aliphatic carbocycles. The van der Waals surface area contributed by atoms with Gasteiger partial charge < -0.3 is 15.4 Å². The Bertz CT molecular complexity index is 1100. The number of rotatable bonds is 10. The van der Waals surface area contributed by atoms with Crippen molar-refractivity contribution in [2.75, 3.05) is 18.1 Å². The van der Waals surface area contributed by atoms with E-state index in [4.69, 9.17) is 4.74 Å². The van der Waals surface area contributed by atoms with Crippen LogP contribution in [0.3, 0.4) is 0 Å². The lowest BCUT2D eigenvalue weighted by molar-refractivity contribution is -0.148. The van der Waals surface area contributed by atoms with Gasteiger partial charge in [-0.3, -0.25) is 24.2 Å². The molecule has 0 aromatic carbocycles. The fraction of sp³-hybridized carbons (Fsp3) is 0.667. The van der Waals surface area contributed by atoms with E-state index in [1.165, 1.54) is 54.1 Å². The monoisotopic (exact) mass is 638 g/mol. The van der Waals surface area contributed by atoms with Crippen molar-refractivity contribution in [2.24, 2.45) is 10.9 Å². The minimum absolute atomic E-state index is 0.0570. The SMILES string of the molecule is CC(C)C.CCCCCCCC(=O)SCC/C=C/C1CC(=O)NCc2nc(cs2)C2=N[C@@](C)(CS2)C(=O)NCC(=O)O1. The van der Waals surface area contributed by atoms with Crippen LogP contribution < -0.4 is 10.6 Å². The second-order valence-corrected chi connectivity index (χ2v) is 14.2. The van der Waals surface area contributed by atoms with Gasteiger partial charge in [-0.1, -0.05) is 71.2 Å². The van der Waals surface area contributed by atoms with Crippen molar-refractivity contribution in [2.45, 2.75) is 104 Å². The third kappa shape index (κ3) is 13.9. The van der Waals surface area contributed by atoms with Gasteiger partial charge in [0.2, 0.25) is 11.8 Å². The summed E-state index contributed by atoms with van der Waals surface area (Å²) in [6.45, 7) is 10.3. The van der Waals surface area contributed by atoms with Gasteiger partial charge in [0.05, 0.1) is 13.0 Å². The molecule has 234 valence electrons. The summed E-state index contributed by atoms with van der Waals surface area (Å²) in [5, 5.41) is 8.89. The number of aliphatic imine (C=N–C) groups is 1. The van der Waals surface area contributed by atoms with Crippen molar-refractivity contribution in [1.82, 2.24) is 15.6 Å². The van der Waals surface area contributed by atoms with Crippen LogP contribution >= 0.6 is 34.9 Å². The van der Waals surface area contributed by atoms with Crippen LogP contribution in [0.4, 0.5) is 0 Å². The summed E-state index contributed by atoms with van der Waals surface area (Å²) in [5.74, 6) is 0.613. The number of allylic oxidation sites excluding steroid dienone is 1. The first-order chi connectivity index (χ1) is 20.0. The number of fused-ring (bicyclic) bond motifs is 4. The molecular formula is C30H46N4O5S3. The predicted molar refractivity (Wildman–Crippen MR) is 174 cm³/mol. The van der Waals surface area contributed by atoms with Gasteiger partial charge in [-0.2, -0.15) is 0 Å². The van der Waals surface area contributed by atoms with Crippen molar-refractivity contribution >= 4 is 62.8 Å². The number of unbranched alkanes of at least 4 members (excludes halogenated alkanes) is 4. The van der Waals surface area contributed by atoms with Crippen LogP contribution in [0.5, 0.6) is 0 Å². The first-order valence-electron chi connectivity index (χ1n) is 14.8. The Morgan fingerprint density at radius 1 is 1.17 bits per heavy atom. The summed E-state index contributed by atoms with van der Waals surface area (Å²) in [7, 11) is 0. The quantitative estimate of drug-likeness (QED) is 0.191. The van der Waals surface area contributed by atoms with Gasteiger partial charge in [0.25, 0.3) is 0 Å². The average molecular weight is 639 g/mol. The summed E-state index contributed by atoms with van der Waals surface area (Å²) >= 11 is 4.16. The zero-order valence-electron chi connectivity index (χ0n) is 25.5. The zero-order valence-corrected chi connectivity index (χ0v) is 28.0. The number of hydrogen-bond acceptors (Lipinski definition) is 10. The second kappa shape index (κ2) is 19.2. The highest BCUT2D eigenvalue weighted by molar-refractivity contribution is 8.14. The van der Waals surface area contributed by atoms with E-state index in [0.29, 0.717) is 35.1 Å². The van der Waals surface area contributed by atoms with Crippen LogP contribution in [0.15, 0.2) is 22.5 Å². The number of nitrogens with zero attached hydrogens (tertiary/aromatic N) is 2. The number of amides is 2. The molecule has 1 aromatic rings. The van der Waals surface area contributed by atoms with Crippen molar-refractivity contribution in [1.29, 1.82) is 0 Å². The molecule has 3 heterocycles. The lowest BCUT2D eigenvalue weighted by Crippen LogP contribution is -2.46. The van der Waals surface area contributed by atoms with E-state index in [0.717, 1.165) is 23.8 Å². The fourth-order valence-corrected chi connectivity index (χ4v) is 6.50. The molecule has 2 aliphatic heterocycles. The number of esters is 1. The van der Waals surface area contributed by atoms with E-state index in [1.54, 1.807) is 13.0 Å². The third-order valence-corrected chi connectivity index (χ3v) is 9.08. The number of nitrogens with one attached hydrogen (secondary N) is 2. The van der Waals surface area contributed by atoms with Crippen molar-refractivity contribution in [3.8, 4) is 0 Å². The van der Waals surface area contributed by atoms with Gasteiger partial charge in [0.1, 0.15) is 33.9 Å². The van der Waals surface area contributed by atoms with Gasteiger partial charge in [-0.15, -0.1) is 23.1 Å². The number of aromatic nitrogens is 1. The minimum atomic E-state index is -1.00. The van der Waals surface area contributed by atoms with Crippen LogP contribution in [0.2, 0.25) is 0 Å². The van der Waals surface area contributed by atoms with Crippen molar-refractivity contribution in [3.63, 3.8) is 0 Å². The maximum atomic E-state index is 12.8. The smallest absolute Gasteiger partial charge is 0.326 e. The van der Waals surface area contributed by atoms with E-state index in [-0.39, 0.29) is 36.4 Å². The second-order valence-electron chi connectivity index (χ2n) is 11.1. The van der Waals surface area contributed by atoms with Gasteiger partial charge in [0.15, 0.2) is 5.12 Å². The molecule has 1 unspecified atom stereocenters. The van der Waals surface area contributed by atoms with Crippen molar-refractivity contribution in [3.05, 3.63) is 28.2 Å². The highest BCUT2D eigenvalue weighted by Gasteiger charge is 2.39. The molecule has 12 heteroatoms. The number of thiazole rings is 1. The number of hydrogen-bond donors (Lipinski definition) is 2. The van der Waals surface area contributed by atoms with Crippen LogP contribution in [0, 0.1) is 5.92 Å². The largest absolute Gasteiger partial charge is 0.456 e. The first kappa shape index (κ1) is 36.0. The Morgan fingerprint density at radius 3 is 2.64 bits per heavy atom. The predicted octanol–water partition coefficient (Wildman–Crippen LogP) is 5.67. The van der Waals surface area contributed by atoms with Gasteiger partial charge in [-0.05, 0) is 31.8 Å². The molecule has 2 amide bonds. The molecule has 2 atom stereocenters. The molecule has 0 saturated heterocycles. The Morgan fingerprint density at radius 2 is 1.90 bits per heavy atom. The topological polar surface area (TPSA) is 127 Å². The summed E-state index contributed by atoms with van der Waals surface area (Å²) in [6, 6.07) is 0. The lowest BCUT2D eigenvalue weighted by atomic mass is 10.1. The van der Waals surface area contributed by atoms with E-state index >= 15 is 0 Å². The van der Waals surface area contributed by atoms with Crippen LogP contribution in [-0.2, 0) is 30.5 Å². The number of cyclic esters (lactones) is 1. The number of ether oxygens (including phenoxy) is 1. The third-order valence-electron chi connectivity index (χ3n) is 5.98. The first-order valence-corrected chi connectivity index (χ1v) is 17.6. The molecular weight excluding hydrogens is 593 g/mol. The van der Waals surface area contributed by atoms with E-state index in [2.05, 4.69) is 48.3 Å².